The van der Waals surface area contributed by atoms with Crippen LogP contribution in [-0.4, -0.2) is 28.4 Å². The topological polar surface area (TPSA) is 75.2 Å². The van der Waals surface area contributed by atoms with Gasteiger partial charge in [-0.1, -0.05) is 22.0 Å². The zero-order valence-electron chi connectivity index (χ0n) is 10.9. The van der Waals surface area contributed by atoms with Crippen molar-refractivity contribution in [1.82, 2.24) is 10.2 Å². The Balaban J connectivity index is 2.13. The summed E-state index contributed by atoms with van der Waals surface area (Å²) in [4.78, 5) is 11.2. The van der Waals surface area contributed by atoms with Gasteiger partial charge in [-0.05, 0) is 30.0 Å². The second-order valence-electron chi connectivity index (χ2n) is 4.76. The van der Waals surface area contributed by atoms with Gasteiger partial charge in [0.1, 0.15) is 5.69 Å². The lowest BCUT2D eigenvalue weighted by molar-refractivity contribution is 0.0689. The van der Waals surface area contributed by atoms with Crippen molar-refractivity contribution in [2.45, 2.75) is 19.4 Å². The highest BCUT2D eigenvalue weighted by Crippen LogP contribution is 2.36. The Morgan fingerprint density at radius 3 is 3.00 bits per heavy atom. The highest BCUT2D eigenvalue weighted by molar-refractivity contribution is 9.10. The van der Waals surface area contributed by atoms with Gasteiger partial charge >= 0.3 is 5.97 Å². The molecule has 0 bridgehead atoms. The summed E-state index contributed by atoms with van der Waals surface area (Å²) in [5.41, 5.74) is 4.98. The van der Waals surface area contributed by atoms with Gasteiger partial charge in [-0.2, -0.15) is 5.10 Å². The number of carboxylic acids is 1. The number of methoxy groups -OCH3 is 1. The first-order chi connectivity index (χ1) is 9.61. The predicted molar refractivity (Wildman–Crippen MR) is 76.8 cm³/mol. The largest absolute Gasteiger partial charge is 0.477 e. The van der Waals surface area contributed by atoms with E-state index in [2.05, 4.69) is 32.2 Å². The molecule has 1 aromatic carbocycles. The number of H-pyrrole nitrogens is 1. The fourth-order valence-electron chi connectivity index (χ4n) is 2.63. The van der Waals surface area contributed by atoms with Crippen molar-refractivity contribution in [2.75, 3.05) is 7.11 Å². The van der Waals surface area contributed by atoms with Gasteiger partial charge in [-0.15, -0.1) is 0 Å². The fraction of sp³-hybridized carbons (Fsp3) is 0.286. The number of aryl methyl sites for hydroxylation is 1. The van der Waals surface area contributed by atoms with E-state index < -0.39 is 5.97 Å². The molecule has 5 nitrogen and oxygen atoms in total. The van der Waals surface area contributed by atoms with E-state index in [1.54, 1.807) is 7.11 Å². The molecule has 20 heavy (non-hydrogen) atoms. The number of hydrogen-bond acceptors (Lipinski definition) is 3. The summed E-state index contributed by atoms with van der Waals surface area (Å²) in [6.45, 7) is 0.543. The van der Waals surface area contributed by atoms with Crippen LogP contribution in [0.15, 0.2) is 16.6 Å². The summed E-state index contributed by atoms with van der Waals surface area (Å²) in [6.07, 6.45) is 1.50. The number of aromatic amines is 1. The molecular weight excluding hydrogens is 324 g/mol. The molecule has 0 atom stereocenters. The van der Waals surface area contributed by atoms with Gasteiger partial charge in [0, 0.05) is 22.7 Å². The van der Waals surface area contributed by atoms with E-state index in [0.29, 0.717) is 13.0 Å². The number of nitrogens with zero attached hydrogens (tertiary/aromatic N) is 1. The molecule has 0 aliphatic heterocycles. The van der Waals surface area contributed by atoms with Crippen LogP contribution >= 0.6 is 15.9 Å². The maximum absolute atomic E-state index is 11.2. The van der Waals surface area contributed by atoms with Crippen LogP contribution in [0, 0.1) is 0 Å². The number of rotatable bonds is 3. The normalized spacial score (nSPS) is 12.9. The fourth-order valence-corrected chi connectivity index (χ4v) is 3.09. The zero-order valence-corrected chi connectivity index (χ0v) is 12.5. The molecule has 2 N–H and O–H groups in total. The molecular formula is C14H13BrN2O3. The molecule has 2 aromatic rings. The van der Waals surface area contributed by atoms with Crippen molar-refractivity contribution in [3.63, 3.8) is 0 Å². The molecule has 0 saturated heterocycles. The summed E-state index contributed by atoms with van der Waals surface area (Å²) in [5.74, 6) is -0.961. The molecule has 0 fully saturated rings. The molecule has 3 rings (SSSR count). The summed E-state index contributed by atoms with van der Waals surface area (Å²) < 4.78 is 6.13. The van der Waals surface area contributed by atoms with E-state index in [4.69, 9.17) is 9.84 Å². The van der Waals surface area contributed by atoms with Crippen LogP contribution in [0.1, 0.15) is 27.2 Å². The Labute approximate surface area is 124 Å². The van der Waals surface area contributed by atoms with Gasteiger partial charge in [0.2, 0.25) is 0 Å². The van der Waals surface area contributed by atoms with Gasteiger partial charge in [-0.25, -0.2) is 4.79 Å². The lowest BCUT2D eigenvalue weighted by Crippen LogP contribution is -2.08. The Bertz CT molecular complexity index is 694. The maximum atomic E-state index is 11.2. The summed E-state index contributed by atoms with van der Waals surface area (Å²) in [5, 5.41) is 16.0. The molecule has 1 aromatic heterocycles. The average molecular weight is 337 g/mol. The van der Waals surface area contributed by atoms with Crippen LogP contribution in [0.2, 0.25) is 0 Å². The third kappa shape index (κ3) is 2.05. The number of carbonyl (C=O) groups is 1. The molecule has 6 heteroatoms. The third-order valence-corrected chi connectivity index (χ3v) is 4.29. The standard InChI is InChI=1S/C14H13BrN2O3/c1-20-6-8-4-7-2-3-9-12(10(7)5-11(8)15)16-17-13(9)14(18)19/h4-5H,2-3,6H2,1H3,(H,16,17)(H,18,19). The van der Waals surface area contributed by atoms with Crippen molar-refractivity contribution in [3.8, 4) is 11.3 Å². The minimum atomic E-state index is -0.961. The van der Waals surface area contributed by atoms with E-state index in [-0.39, 0.29) is 5.69 Å². The zero-order chi connectivity index (χ0) is 14.3. The predicted octanol–water partition coefficient (Wildman–Crippen LogP) is 2.78. The number of aromatic nitrogens is 2. The third-order valence-electron chi connectivity index (χ3n) is 3.55. The Morgan fingerprint density at radius 2 is 2.30 bits per heavy atom. The van der Waals surface area contributed by atoms with Gasteiger partial charge in [-0.3, -0.25) is 5.10 Å². The van der Waals surface area contributed by atoms with Gasteiger partial charge in [0.25, 0.3) is 0 Å². The molecule has 0 saturated carbocycles. The number of ether oxygens (including phenoxy) is 1. The van der Waals surface area contributed by atoms with Crippen molar-refractivity contribution in [1.29, 1.82) is 0 Å². The molecule has 0 unspecified atom stereocenters. The first kappa shape index (κ1) is 13.3. The minimum Gasteiger partial charge on any atom is -0.477 e. The van der Waals surface area contributed by atoms with Crippen molar-refractivity contribution in [3.05, 3.63) is 39.0 Å². The number of halogens is 1. The summed E-state index contributed by atoms with van der Waals surface area (Å²) in [7, 11) is 1.66. The van der Waals surface area contributed by atoms with E-state index in [0.717, 1.165) is 33.3 Å². The van der Waals surface area contributed by atoms with Gasteiger partial charge in [0.05, 0.1) is 12.3 Å². The number of fused-ring (bicyclic) bond motifs is 3. The quantitative estimate of drug-likeness (QED) is 0.903. The highest BCUT2D eigenvalue weighted by Gasteiger charge is 2.25. The first-order valence-electron chi connectivity index (χ1n) is 6.23. The monoisotopic (exact) mass is 336 g/mol. The number of nitrogens with one attached hydrogen (secondary N) is 1. The SMILES string of the molecule is COCc1cc2c(cc1Br)-c1n[nH]c(C(=O)O)c1CC2. The second-order valence-corrected chi connectivity index (χ2v) is 5.62. The highest BCUT2D eigenvalue weighted by atomic mass is 79.9. The molecule has 104 valence electrons. The molecule has 0 radical (unpaired) electrons. The van der Waals surface area contributed by atoms with Crippen LogP contribution in [-0.2, 0) is 24.2 Å². The van der Waals surface area contributed by atoms with Crippen LogP contribution in [0.3, 0.4) is 0 Å². The number of aromatic carboxylic acids is 1. The summed E-state index contributed by atoms with van der Waals surface area (Å²) in [6, 6.07) is 4.09. The average Bonchev–Trinajstić information content (AvgIpc) is 2.84. The van der Waals surface area contributed by atoms with Crippen molar-refractivity contribution >= 4 is 21.9 Å². The lowest BCUT2D eigenvalue weighted by Gasteiger charge is -2.18. The van der Waals surface area contributed by atoms with E-state index in [1.807, 2.05) is 6.07 Å². The molecule has 0 amide bonds. The van der Waals surface area contributed by atoms with Gasteiger partial charge < -0.3 is 9.84 Å². The number of hydrogen-bond donors (Lipinski definition) is 2. The Kier molecular flexibility index (Phi) is 3.35. The van der Waals surface area contributed by atoms with E-state index in [9.17, 15) is 4.79 Å². The second kappa shape index (κ2) is 5.03. The van der Waals surface area contributed by atoms with Crippen LogP contribution in [0.25, 0.3) is 11.3 Å². The molecule has 1 heterocycles. The Hall–Kier alpha value is -1.66. The van der Waals surface area contributed by atoms with E-state index in [1.165, 1.54) is 5.56 Å². The Morgan fingerprint density at radius 1 is 1.50 bits per heavy atom. The van der Waals surface area contributed by atoms with Crippen molar-refractivity contribution < 1.29 is 14.6 Å². The molecule has 1 aliphatic rings. The van der Waals surface area contributed by atoms with Crippen LogP contribution < -0.4 is 0 Å². The van der Waals surface area contributed by atoms with Crippen molar-refractivity contribution in [2.24, 2.45) is 0 Å². The van der Waals surface area contributed by atoms with E-state index >= 15 is 0 Å². The lowest BCUT2D eigenvalue weighted by atomic mass is 9.88. The first-order valence-corrected chi connectivity index (χ1v) is 7.02. The smallest absolute Gasteiger partial charge is 0.354 e. The maximum Gasteiger partial charge on any atom is 0.354 e. The van der Waals surface area contributed by atoms with Crippen LogP contribution in [0.4, 0.5) is 0 Å². The van der Waals surface area contributed by atoms with Gasteiger partial charge in [0.15, 0.2) is 0 Å². The summed E-state index contributed by atoms with van der Waals surface area (Å²) >= 11 is 3.53. The van der Waals surface area contributed by atoms with Crippen LogP contribution in [0.5, 0.6) is 0 Å². The number of benzene rings is 1. The molecule has 0 spiro atoms. The molecule has 1 aliphatic carbocycles. The minimum absolute atomic E-state index is 0.197. The number of carboxylic acid groups (broad SMARTS) is 1.